The molecule has 0 aliphatic rings. The molecule has 0 bridgehead atoms. The standard InChI is InChI=1S/C20H22N4S/c1-3-24(4-2)18-12-10-16(11-13-18)14-21-23-20-22-19(15-25-20)17-8-6-5-7-9-17/h5-15H,3-4H2,1-2H3,(H,22,23). The molecule has 3 aromatic rings. The van der Waals surface area contributed by atoms with Gasteiger partial charge in [-0.3, -0.25) is 5.43 Å². The predicted octanol–water partition coefficient (Wildman–Crippen LogP) is 5.10. The number of rotatable bonds is 7. The average molecular weight is 350 g/mol. The van der Waals surface area contributed by atoms with Crippen molar-refractivity contribution in [1.82, 2.24) is 4.98 Å². The summed E-state index contributed by atoms with van der Waals surface area (Å²) in [6, 6.07) is 18.6. The van der Waals surface area contributed by atoms with Crippen molar-refractivity contribution in [2.75, 3.05) is 23.4 Å². The Morgan fingerprint density at radius 1 is 1.04 bits per heavy atom. The maximum absolute atomic E-state index is 4.56. The molecule has 1 aromatic heterocycles. The highest BCUT2D eigenvalue weighted by molar-refractivity contribution is 7.14. The van der Waals surface area contributed by atoms with Crippen LogP contribution in [0.3, 0.4) is 0 Å². The van der Waals surface area contributed by atoms with Crippen molar-refractivity contribution in [3.63, 3.8) is 0 Å². The summed E-state index contributed by atoms with van der Waals surface area (Å²) in [5.41, 5.74) is 7.38. The van der Waals surface area contributed by atoms with Gasteiger partial charge in [0.05, 0.1) is 11.9 Å². The molecule has 0 radical (unpaired) electrons. The fourth-order valence-corrected chi connectivity index (χ4v) is 3.26. The normalized spacial score (nSPS) is 11.0. The lowest BCUT2D eigenvalue weighted by Gasteiger charge is -2.20. The second kappa shape index (κ2) is 8.44. The van der Waals surface area contributed by atoms with E-state index in [4.69, 9.17) is 0 Å². The molecule has 4 nitrogen and oxygen atoms in total. The quantitative estimate of drug-likeness (QED) is 0.476. The summed E-state index contributed by atoms with van der Waals surface area (Å²) in [5.74, 6) is 0. The van der Waals surface area contributed by atoms with Gasteiger partial charge in [-0.2, -0.15) is 5.10 Å². The molecule has 0 aliphatic heterocycles. The number of hydrogen-bond donors (Lipinski definition) is 1. The molecule has 0 aliphatic carbocycles. The van der Waals surface area contributed by atoms with Crippen molar-refractivity contribution in [1.29, 1.82) is 0 Å². The zero-order valence-electron chi connectivity index (χ0n) is 14.5. The van der Waals surface area contributed by atoms with Gasteiger partial charge in [-0.1, -0.05) is 42.5 Å². The van der Waals surface area contributed by atoms with Gasteiger partial charge in [0.25, 0.3) is 0 Å². The van der Waals surface area contributed by atoms with Crippen molar-refractivity contribution < 1.29 is 0 Å². The summed E-state index contributed by atoms with van der Waals surface area (Å²) < 4.78 is 0. The van der Waals surface area contributed by atoms with Gasteiger partial charge >= 0.3 is 0 Å². The van der Waals surface area contributed by atoms with Crippen molar-refractivity contribution in [2.24, 2.45) is 5.10 Å². The van der Waals surface area contributed by atoms with Crippen LogP contribution in [0.25, 0.3) is 11.3 Å². The number of benzene rings is 2. The Balaban J connectivity index is 1.61. The first-order chi connectivity index (χ1) is 12.3. The maximum atomic E-state index is 4.56. The zero-order chi connectivity index (χ0) is 17.5. The number of hydrazone groups is 1. The number of nitrogens with one attached hydrogen (secondary N) is 1. The van der Waals surface area contributed by atoms with Crippen molar-refractivity contribution in [3.05, 3.63) is 65.5 Å². The fourth-order valence-electron chi connectivity index (χ4n) is 2.59. The van der Waals surface area contributed by atoms with Gasteiger partial charge in [-0.15, -0.1) is 11.3 Å². The minimum Gasteiger partial charge on any atom is -0.372 e. The first kappa shape index (κ1) is 17.2. The Morgan fingerprint density at radius 2 is 1.76 bits per heavy atom. The number of hydrogen-bond acceptors (Lipinski definition) is 5. The molecule has 0 amide bonds. The highest BCUT2D eigenvalue weighted by Gasteiger charge is 2.03. The van der Waals surface area contributed by atoms with Gasteiger partial charge in [0.2, 0.25) is 5.13 Å². The van der Waals surface area contributed by atoms with Crippen LogP contribution in [-0.2, 0) is 0 Å². The third kappa shape index (κ3) is 4.45. The average Bonchev–Trinajstić information content (AvgIpc) is 3.14. The number of nitrogens with zero attached hydrogens (tertiary/aromatic N) is 3. The minimum absolute atomic E-state index is 0.787. The van der Waals surface area contributed by atoms with Crippen LogP contribution >= 0.6 is 11.3 Å². The molecule has 0 fully saturated rings. The molecule has 3 rings (SSSR count). The van der Waals surface area contributed by atoms with Crippen LogP contribution in [0.5, 0.6) is 0 Å². The lowest BCUT2D eigenvalue weighted by atomic mass is 10.2. The SMILES string of the molecule is CCN(CC)c1ccc(C=NNc2nc(-c3ccccc3)cs2)cc1. The molecule has 0 atom stereocenters. The van der Waals surface area contributed by atoms with Gasteiger partial charge in [-0.25, -0.2) is 4.98 Å². The molecule has 0 saturated carbocycles. The van der Waals surface area contributed by atoms with Crippen LogP contribution < -0.4 is 10.3 Å². The summed E-state index contributed by atoms with van der Waals surface area (Å²) >= 11 is 1.55. The van der Waals surface area contributed by atoms with E-state index in [0.29, 0.717) is 0 Å². The summed E-state index contributed by atoms with van der Waals surface area (Å²) in [6.45, 7) is 6.36. The molecule has 1 heterocycles. The van der Waals surface area contributed by atoms with Crippen molar-refractivity contribution >= 4 is 28.4 Å². The van der Waals surface area contributed by atoms with E-state index in [2.05, 4.69) is 70.7 Å². The molecule has 5 heteroatoms. The Morgan fingerprint density at radius 3 is 2.44 bits per heavy atom. The van der Waals surface area contributed by atoms with Crippen molar-refractivity contribution in [3.8, 4) is 11.3 Å². The Labute approximate surface area is 152 Å². The van der Waals surface area contributed by atoms with Crippen LogP contribution in [0, 0.1) is 0 Å². The topological polar surface area (TPSA) is 40.5 Å². The molecular formula is C20H22N4S. The summed E-state index contributed by atoms with van der Waals surface area (Å²) in [7, 11) is 0. The molecule has 0 unspecified atom stereocenters. The van der Waals surface area contributed by atoms with E-state index in [1.165, 1.54) is 5.69 Å². The van der Waals surface area contributed by atoms with Crippen LogP contribution in [0.1, 0.15) is 19.4 Å². The zero-order valence-corrected chi connectivity index (χ0v) is 15.3. The molecule has 25 heavy (non-hydrogen) atoms. The largest absolute Gasteiger partial charge is 0.372 e. The molecular weight excluding hydrogens is 328 g/mol. The Kier molecular flexibility index (Phi) is 5.80. The third-order valence-electron chi connectivity index (χ3n) is 3.97. The molecule has 128 valence electrons. The molecule has 1 N–H and O–H groups in total. The molecule has 2 aromatic carbocycles. The maximum Gasteiger partial charge on any atom is 0.203 e. The first-order valence-electron chi connectivity index (χ1n) is 8.45. The van der Waals surface area contributed by atoms with E-state index in [1.807, 2.05) is 29.8 Å². The van der Waals surface area contributed by atoms with E-state index >= 15 is 0 Å². The third-order valence-corrected chi connectivity index (χ3v) is 4.72. The lowest BCUT2D eigenvalue weighted by molar-refractivity contribution is 0.866. The molecule has 0 saturated heterocycles. The van der Waals surface area contributed by atoms with Crippen LogP contribution in [0.2, 0.25) is 0 Å². The van der Waals surface area contributed by atoms with Gasteiger partial charge in [0, 0.05) is 29.7 Å². The number of aromatic nitrogens is 1. The van der Waals surface area contributed by atoms with E-state index in [1.54, 1.807) is 11.3 Å². The summed E-state index contributed by atoms with van der Waals surface area (Å²) in [6.07, 6.45) is 1.82. The molecule has 0 spiro atoms. The van der Waals surface area contributed by atoms with Gasteiger partial charge < -0.3 is 4.90 Å². The number of anilines is 2. The fraction of sp³-hybridized carbons (Fsp3) is 0.200. The smallest absolute Gasteiger partial charge is 0.203 e. The van der Waals surface area contributed by atoms with Gasteiger partial charge in [0.15, 0.2) is 0 Å². The first-order valence-corrected chi connectivity index (χ1v) is 9.33. The predicted molar refractivity (Wildman–Crippen MR) is 109 cm³/mol. The van der Waals surface area contributed by atoms with Crippen molar-refractivity contribution in [2.45, 2.75) is 13.8 Å². The van der Waals surface area contributed by atoms with Gasteiger partial charge in [0.1, 0.15) is 0 Å². The van der Waals surface area contributed by atoms with E-state index in [0.717, 1.165) is 35.0 Å². The highest BCUT2D eigenvalue weighted by Crippen LogP contribution is 2.24. The monoisotopic (exact) mass is 350 g/mol. The minimum atomic E-state index is 0.787. The Bertz CT molecular complexity index is 805. The van der Waals surface area contributed by atoms with E-state index < -0.39 is 0 Å². The summed E-state index contributed by atoms with van der Waals surface area (Å²) in [4.78, 5) is 6.88. The second-order valence-electron chi connectivity index (χ2n) is 5.54. The van der Waals surface area contributed by atoms with Crippen LogP contribution in [-0.4, -0.2) is 24.3 Å². The Hall–Kier alpha value is -2.66. The second-order valence-corrected chi connectivity index (χ2v) is 6.40. The lowest BCUT2D eigenvalue weighted by Crippen LogP contribution is -2.21. The van der Waals surface area contributed by atoms with Gasteiger partial charge in [-0.05, 0) is 31.5 Å². The van der Waals surface area contributed by atoms with Crippen LogP contribution in [0.4, 0.5) is 10.8 Å². The van der Waals surface area contributed by atoms with E-state index in [9.17, 15) is 0 Å². The van der Waals surface area contributed by atoms with E-state index in [-0.39, 0.29) is 0 Å². The summed E-state index contributed by atoms with van der Waals surface area (Å²) in [5, 5.41) is 7.11. The van der Waals surface area contributed by atoms with Crippen LogP contribution in [0.15, 0.2) is 65.1 Å². The highest BCUT2D eigenvalue weighted by atomic mass is 32.1. The number of thiazole rings is 1.